The zero-order valence-corrected chi connectivity index (χ0v) is 10.4. The fourth-order valence-corrected chi connectivity index (χ4v) is 2.07. The molecule has 2 rings (SSSR count). The van der Waals surface area contributed by atoms with E-state index in [1.165, 1.54) is 0 Å². The zero-order chi connectivity index (χ0) is 12.5. The normalized spacial score (nSPS) is 19.1. The molecular weight excluding hydrogens is 216 g/mol. The zero-order valence-electron chi connectivity index (χ0n) is 10.4. The van der Waals surface area contributed by atoms with E-state index in [9.17, 15) is 5.11 Å². The van der Waals surface area contributed by atoms with Gasteiger partial charge in [0.1, 0.15) is 11.4 Å². The number of aromatic nitrogens is 1. The van der Waals surface area contributed by atoms with Crippen LogP contribution in [-0.4, -0.2) is 22.7 Å². The van der Waals surface area contributed by atoms with Gasteiger partial charge in [-0.25, -0.2) is 0 Å². The van der Waals surface area contributed by atoms with Crippen LogP contribution in [0.15, 0.2) is 18.5 Å². The minimum absolute atomic E-state index is 0.0962. The topological polar surface area (TPSA) is 68.4 Å². The minimum atomic E-state index is -0.941. The molecule has 1 aliphatic rings. The van der Waals surface area contributed by atoms with E-state index in [1.54, 1.807) is 12.4 Å². The van der Waals surface area contributed by atoms with E-state index in [2.05, 4.69) is 4.98 Å². The molecule has 0 spiro atoms. The van der Waals surface area contributed by atoms with Crippen molar-refractivity contribution in [2.45, 2.75) is 38.4 Å². The summed E-state index contributed by atoms with van der Waals surface area (Å²) in [5.74, 6) is 0.952. The molecule has 1 fully saturated rings. The van der Waals surface area contributed by atoms with Crippen molar-refractivity contribution in [2.75, 3.05) is 6.54 Å². The Hall–Kier alpha value is -1.13. The summed E-state index contributed by atoms with van der Waals surface area (Å²) in [4.78, 5) is 4.12. The van der Waals surface area contributed by atoms with Gasteiger partial charge in [-0.2, -0.15) is 0 Å². The fraction of sp³-hybridized carbons (Fsp3) is 0.615. The second kappa shape index (κ2) is 4.63. The van der Waals surface area contributed by atoms with Crippen LogP contribution in [0.4, 0.5) is 0 Å². The summed E-state index contributed by atoms with van der Waals surface area (Å²) in [7, 11) is 0. The number of ether oxygens (including phenoxy) is 1. The monoisotopic (exact) mass is 236 g/mol. The molecule has 4 nitrogen and oxygen atoms in total. The Kier molecular flexibility index (Phi) is 3.35. The van der Waals surface area contributed by atoms with Crippen molar-refractivity contribution in [3.05, 3.63) is 24.0 Å². The first-order chi connectivity index (χ1) is 8.06. The van der Waals surface area contributed by atoms with Crippen LogP contribution in [0.2, 0.25) is 0 Å². The first-order valence-corrected chi connectivity index (χ1v) is 6.11. The van der Waals surface area contributed by atoms with Gasteiger partial charge in [-0.15, -0.1) is 0 Å². The lowest BCUT2D eigenvalue weighted by molar-refractivity contribution is 0.0215. The fourth-order valence-electron chi connectivity index (χ4n) is 2.07. The molecule has 0 amide bonds. The van der Waals surface area contributed by atoms with Crippen molar-refractivity contribution in [2.24, 2.45) is 11.7 Å². The predicted octanol–water partition coefficient (Wildman–Crippen LogP) is 1.43. The van der Waals surface area contributed by atoms with Gasteiger partial charge in [0.2, 0.25) is 0 Å². The molecule has 0 aromatic carbocycles. The van der Waals surface area contributed by atoms with Crippen molar-refractivity contribution in [1.29, 1.82) is 0 Å². The quantitative estimate of drug-likeness (QED) is 0.811. The number of hydrogen-bond acceptors (Lipinski definition) is 4. The first-order valence-electron chi connectivity index (χ1n) is 6.11. The summed E-state index contributed by atoms with van der Waals surface area (Å²) < 4.78 is 5.58. The van der Waals surface area contributed by atoms with E-state index in [-0.39, 0.29) is 18.6 Å². The molecule has 1 aliphatic carbocycles. The van der Waals surface area contributed by atoms with Crippen molar-refractivity contribution in [1.82, 2.24) is 4.98 Å². The van der Waals surface area contributed by atoms with Gasteiger partial charge in [0.25, 0.3) is 0 Å². The molecule has 1 heterocycles. The van der Waals surface area contributed by atoms with Gasteiger partial charge in [-0.1, -0.05) is 0 Å². The predicted molar refractivity (Wildman–Crippen MR) is 65.7 cm³/mol. The molecule has 1 aromatic rings. The summed E-state index contributed by atoms with van der Waals surface area (Å²) >= 11 is 0. The number of rotatable bonds is 5. The highest BCUT2D eigenvalue weighted by molar-refractivity contribution is 5.30. The molecular formula is C13H20N2O2. The van der Waals surface area contributed by atoms with Crippen molar-refractivity contribution >= 4 is 0 Å². The Morgan fingerprint density at radius 1 is 1.53 bits per heavy atom. The lowest BCUT2D eigenvalue weighted by Gasteiger charge is -2.27. The number of hydrogen-bond donors (Lipinski definition) is 2. The van der Waals surface area contributed by atoms with Crippen LogP contribution in [0.25, 0.3) is 0 Å². The molecule has 1 unspecified atom stereocenters. The van der Waals surface area contributed by atoms with E-state index in [4.69, 9.17) is 10.5 Å². The van der Waals surface area contributed by atoms with Crippen LogP contribution in [0.1, 0.15) is 32.3 Å². The van der Waals surface area contributed by atoms with Crippen LogP contribution >= 0.6 is 0 Å². The van der Waals surface area contributed by atoms with Crippen molar-refractivity contribution < 1.29 is 9.84 Å². The Morgan fingerprint density at radius 3 is 2.76 bits per heavy atom. The Balaban J connectivity index is 2.25. The van der Waals surface area contributed by atoms with E-state index in [0.717, 1.165) is 18.4 Å². The minimum Gasteiger partial charge on any atom is -0.489 e. The molecule has 0 bridgehead atoms. The maximum atomic E-state index is 10.6. The van der Waals surface area contributed by atoms with E-state index in [1.807, 2.05) is 19.9 Å². The van der Waals surface area contributed by atoms with Crippen LogP contribution in [0, 0.1) is 5.92 Å². The summed E-state index contributed by atoms with van der Waals surface area (Å²) in [5, 5.41) is 10.6. The molecule has 0 aliphatic heterocycles. The molecule has 0 saturated heterocycles. The third-order valence-corrected chi connectivity index (χ3v) is 3.15. The number of nitrogens with zero attached hydrogens (tertiary/aromatic N) is 1. The summed E-state index contributed by atoms with van der Waals surface area (Å²) in [6, 6.07) is 1.85. The van der Waals surface area contributed by atoms with E-state index >= 15 is 0 Å². The Morgan fingerprint density at radius 2 is 2.24 bits per heavy atom. The van der Waals surface area contributed by atoms with Gasteiger partial charge >= 0.3 is 0 Å². The molecule has 0 radical (unpaired) electrons. The van der Waals surface area contributed by atoms with E-state index in [0.29, 0.717) is 5.75 Å². The Labute approximate surface area is 102 Å². The van der Waals surface area contributed by atoms with Crippen LogP contribution in [0.3, 0.4) is 0 Å². The van der Waals surface area contributed by atoms with Crippen LogP contribution in [-0.2, 0) is 5.60 Å². The van der Waals surface area contributed by atoms with Crippen molar-refractivity contribution in [3.8, 4) is 5.75 Å². The van der Waals surface area contributed by atoms with Gasteiger partial charge in [-0.3, -0.25) is 4.98 Å². The molecule has 1 atom stereocenters. The standard InChI is InChI=1S/C13H20N2O2/c1-9(2)17-12-5-11(6-15-7-12)13(16,8-14)10-3-4-10/h5-7,9-10,16H,3-4,8,14H2,1-2H3. The summed E-state index contributed by atoms with van der Waals surface area (Å²) in [6.07, 6.45) is 5.50. The number of aliphatic hydroxyl groups is 1. The summed E-state index contributed by atoms with van der Waals surface area (Å²) in [6.45, 7) is 4.15. The largest absolute Gasteiger partial charge is 0.489 e. The maximum absolute atomic E-state index is 10.6. The van der Waals surface area contributed by atoms with Gasteiger partial charge in [-0.05, 0) is 38.7 Å². The molecule has 17 heavy (non-hydrogen) atoms. The van der Waals surface area contributed by atoms with E-state index < -0.39 is 5.60 Å². The number of pyridine rings is 1. The van der Waals surface area contributed by atoms with Gasteiger partial charge < -0.3 is 15.6 Å². The smallest absolute Gasteiger partial charge is 0.138 e. The average Bonchev–Trinajstić information content (AvgIpc) is 3.11. The lowest BCUT2D eigenvalue weighted by atomic mass is 9.90. The SMILES string of the molecule is CC(C)Oc1cncc(C(O)(CN)C2CC2)c1. The number of nitrogens with two attached hydrogens (primary N) is 1. The van der Waals surface area contributed by atoms with Crippen molar-refractivity contribution in [3.63, 3.8) is 0 Å². The van der Waals surface area contributed by atoms with Gasteiger partial charge in [0.05, 0.1) is 12.3 Å². The molecule has 4 heteroatoms. The Bertz CT molecular complexity index is 391. The van der Waals surface area contributed by atoms with Crippen LogP contribution in [0.5, 0.6) is 5.75 Å². The van der Waals surface area contributed by atoms with Gasteiger partial charge in [0.15, 0.2) is 0 Å². The highest BCUT2D eigenvalue weighted by Gasteiger charge is 2.44. The third-order valence-electron chi connectivity index (χ3n) is 3.15. The molecule has 94 valence electrons. The van der Waals surface area contributed by atoms with Crippen LogP contribution < -0.4 is 10.5 Å². The average molecular weight is 236 g/mol. The summed E-state index contributed by atoms with van der Waals surface area (Å²) in [5.41, 5.74) is 5.54. The second-order valence-electron chi connectivity index (χ2n) is 4.98. The highest BCUT2D eigenvalue weighted by atomic mass is 16.5. The first kappa shape index (κ1) is 12.3. The lowest BCUT2D eigenvalue weighted by Crippen LogP contribution is -2.37. The second-order valence-corrected chi connectivity index (χ2v) is 4.98. The molecule has 1 saturated carbocycles. The highest BCUT2D eigenvalue weighted by Crippen LogP contribution is 2.45. The molecule has 3 N–H and O–H groups in total. The molecule has 1 aromatic heterocycles. The maximum Gasteiger partial charge on any atom is 0.138 e. The third kappa shape index (κ3) is 2.58. The van der Waals surface area contributed by atoms with Gasteiger partial charge in [0, 0.05) is 18.3 Å².